The molecule has 2 saturated carbocycles. The molecule has 19 heavy (non-hydrogen) atoms. The van der Waals surface area contributed by atoms with Crippen LogP contribution in [0.25, 0.3) is 0 Å². The van der Waals surface area contributed by atoms with Gasteiger partial charge < -0.3 is 11.1 Å². The highest BCUT2D eigenvalue weighted by Crippen LogP contribution is 2.55. The number of aryl methyl sites for hydroxylation is 1. The maximum atomic E-state index is 12.3. The minimum Gasteiger partial charge on any atom is -0.399 e. The van der Waals surface area contributed by atoms with Gasteiger partial charge in [-0.25, -0.2) is 0 Å². The molecule has 0 spiro atoms. The van der Waals surface area contributed by atoms with Crippen molar-refractivity contribution >= 4 is 29.7 Å². The van der Waals surface area contributed by atoms with E-state index in [1.165, 1.54) is 25.7 Å². The van der Waals surface area contributed by atoms with Gasteiger partial charge in [0, 0.05) is 17.3 Å². The fraction of sp³-hybridized carbons (Fsp3) is 0.533. The smallest absolute Gasteiger partial charge is 0.228 e. The van der Waals surface area contributed by atoms with Gasteiger partial charge >= 0.3 is 0 Å². The predicted octanol–water partition coefficient (Wildman–Crippen LogP) is 3.37. The fourth-order valence-corrected chi connectivity index (χ4v) is 3.37. The molecule has 0 heterocycles. The molecule has 2 fully saturated rings. The number of halogens is 1. The second-order valence-corrected chi connectivity index (χ2v) is 5.70. The number of rotatable bonds is 2. The van der Waals surface area contributed by atoms with Gasteiger partial charge in [-0.2, -0.15) is 0 Å². The molecule has 1 aromatic rings. The van der Waals surface area contributed by atoms with Gasteiger partial charge in [0.2, 0.25) is 5.91 Å². The number of anilines is 2. The van der Waals surface area contributed by atoms with E-state index in [-0.39, 0.29) is 24.2 Å². The Balaban J connectivity index is 0.00000133. The minimum atomic E-state index is 0. The lowest BCUT2D eigenvalue weighted by molar-refractivity contribution is -0.117. The number of hydrogen-bond donors (Lipinski definition) is 2. The van der Waals surface area contributed by atoms with Crippen LogP contribution in [-0.4, -0.2) is 5.91 Å². The number of nitrogens with one attached hydrogen (secondary N) is 1. The highest BCUT2D eigenvalue weighted by molar-refractivity contribution is 5.95. The van der Waals surface area contributed by atoms with Crippen LogP contribution in [0.1, 0.15) is 31.2 Å². The summed E-state index contributed by atoms with van der Waals surface area (Å²) < 4.78 is 0. The summed E-state index contributed by atoms with van der Waals surface area (Å²) in [5.41, 5.74) is 8.39. The number of carbonyl (C=O) groups is 1. The molecular formula is C15H21ClN2O. The Morgan fingerprint density at radius 1 is 1.26 bits per heavy atom. The monoisotopic (exact) mass is 280 g/mol. The van der Waals surface area contributed by atoms with Crippen molar-refractivity contribution in [1.82, 2.24) is 0 Å². The Bertz CT molecular complexity index is 477. The summed E-state index contributed by atoms with van der Waals surface area (Å²) in [6, 6.07) is 5.66. The van der Waals surface area contributed by atoms with Crippen molar-refractivity contribution in [3.05, 3.63) is 23.8 Å². The summed E-state index contributed by atoms with van der Waals surface area (Å²) in [5.74, 6) is 1.76. The molecule has 0 saturated heterocycles. The highest BCUT2D eigenvalue weighted by Gasteiger charge is 2.54. The summed E-state index contributed by atoms with van der Waals surface area (Å²) >= 11 is 0. The van der Waals surface area contributed by atoms with Crippen LogP contribution in [0.2, 0.25) is 0 Å². The molecule has 1 aromatic carbocycles. The first-order chi connectivity index (χ1) is 8.66. The Hall–Kier alpha value is -1.22. The number of nitrogen functional groups attached to an aromatic ring is 1. The summed E-state index contributed by atoms with van der Waals surface area (Å²) in [6.45, 7) is 2.00. The molecule has 0 aromatic heterocycles. The number of hydrogen-bond acceptors (Lipinski definition) is 2. The Morgan fingerprint density at radius 3 is 2.53 bits per heavy atom. The van der Waals surface area contributed by atoms with Crippen LogP contribution in [0.3, 0.4) is 0 Å². The summed E-state index contributed by atoms with van der Waals surface area (Å²) in [7, 11) is 0. The third-order valence-corrected chi connectivity index (χ3v) is 4.48. The van der Waals surface area contributed by atoms with E-state index in [2.05, 4.69) is 5.32 Å². The van der Waals surface area contributed by atoms with Gasteiger partial charge in [-0.1, -0.05) is 18.9 Å². The Labute approximate surface area is 120 Å². The standard InChI is InChI=1S/C15H20N2O.ClH/c1-9-6-7-10(16)8-13(9)17-15(18)14-11-4-2-3-5-12(11)14;/h6-8,11-12,14H,2-5,16H2,1H3,(H,17,18);1H. The molecule has 0 radical (unpaired) electrons. The van der Waals surface area contributed by atoms with E-state index < -0.39 is 0 Å². The predicted molar refractivity (Wildman–Crippen MR) is 80.4 cm³/mol. The SMILES string of the molecule is Cc1ccc(N)cc1NC(=O)C1C2CCCCC21.Cl. The maximum absolute atomic E-state index is 12.3. The Kier molecular flexibility index (Phi) is 4.04. The first kappa shape index (κ1) is 14.2. The number of benzene rings is 1. The second kappa shape index (κ2) is 5.41. The summed E-state index contributed by atoms with van der Waals surface area (Å²) in [6.07, 6.45) is 5.06. The summed E-state index contributed by atoms with van der Waals surface area (Å²) in [5, 5.41) is 3.05. The largest absolute Gasteiger partial charge is 0.399 e. The quantitative estimate of drug-likeness (QED) is 0.816. The first-order valence-corrected chi connectivity index (χ1v) is 6.84. The second-order valence-electron chi connectivity index (χ2n) is 5.70. The first-order valence-electron chi connectivity index (χ1n) is 6.84. The highest BCUT2D eigenvalue weighted by atomic mass is 35.5. The van der Waals surface area contributed by atoms with Crippen LogP contribution in [0.15, 0.2) is 18.2 Å². The third kappa shape index (κ3) is 2.71. The van der Waals surface area contributed by atoms with Crippen LogP contribution in [0, 0.1) is 24.7 Å². The van der Waals surface area contributed by atoms with Gasteiger partial charge in [0.15, 0.2) is 0 Å². The molecule has 4 heteroatoms. The maximum Gasteiger partial charge on any atom is 0.228 e. The molecule has 2 aliphatic carbocycles. The zero-order chi connectivity index (χ0) is 12.7. The van der Waals surface area contributed by atoms with Crippen molar-refractivity contribution in [1.29, 1.82) is 0 Å². The van der Waals surface area contributed by atoms with E-state index in [1.807, 2.05) is 25.1 Å². The third-order valence-electron chi connectivity index (χ3n) is 4.48. The molecule has 3 N–H and O–H groups in total. The molecule has 104 valence electrons. The number of carbonyl (C=O) groups excluding carboxylic acids is 1. The molecule has 1 amide bonds. The number of fused-ring (bicyclic) bond motifs is 1. The van der Waals surface area contributed by atoms with E-state index in [9.17, 15) is 4.79 Å². The zero-order valence-electron chi connectivity index (χ0n) is 11.2. The van der Waals surface area contributed by atoms with E-state index in [0.29, 0.717) is 17.5 Å². The van der Waals surface area contributed by atoms with Gasteiger partial charge in [0.25, 0.3) is 0 Å². The van der Waals surface area contributed by atoms with E-state index in [4.69, 9.17) is 5.73 Å². The molecule has 2 atom stereocenters. The van der Waals surface area contributed by atoms with E-state index in [0.717, 1.165) is 11.3 Å². The van der Waals surface area contributed by atoms with Gasteiger partial charge in [-0.3, -0.25) is 4.79 Å². The lowest BCUT2D eigenvalue weighted by atomic mass is 10.0. The van der Waals surface area contributed by atoms with Crippen molar-refractivity contribution in [2.45, 2.75) is 32.6 Å². The van der Waals surface area contributed by atoms with Crippen molar-refractivity contribution in [2.75, 3.05) is 11.1 Å². The lowest BCUT2D eigenvalue weighted by Crippen LogP contribution is -2.16. The van der Waals surface area contributed by atoms with Crippen molar-refractivity contribution in [3.63, 3.8) is 0 Å². The minimum absolute atomic E-state index is 0. The molecule has 3 nitrogen and oxygen atoms in total. The van der Waals surface area contributed by atoms with Gasteiger partial charge in [-0.15, -0.1) is 12.4 Å². The van der Waals surface area contributed by atoms with E-state index >= 15 is 0 Å². The fourth-order valence-electron chi connectivity index (χ4n) is 3.37. The van der Waals surface area contributed by atoms with Crippen LogP contribution in [0.4, 0.5) is 11.4 Å². The summed E-state index contributed by atoms with van der Waals surface area (Å²) in [4.78, 5) is 12.3. The van der Waals surface area contributed by atoms with Crippen LogP contribution >= 0.6 is 12.4 Å². The van der Waals surface area contributed by atoms with Gasteiger partial charge in [0.05, 0.1) is 0 Å². The van der Waals surface area contributed by atoms with Crippen molar-refractivity contribution in [2.24, 2.45) is 17.8 Å². The topological polar surface area (TPSA) is 55.1 Å². The van der Waals surface area contributed by atoms with Crippen LogP contribution in [0.5, 0.6) is 0 Å². The number of amides is 1. The molecular weight excluding hydrogens is 260 g/mol. The van der Waals surface area contributed by atoms with Crippen molar-refractivity contribution in [3.8, 4) is 0 Å². The van der Waals surface area contributed by atoms with Crippen LogP contribution in [-0.2, 0) is 4.79 Å². The average Bonchev–Trinajstić information content (AvgIpc) is 3.08. The van der Waals surface area contributed by atoms with Crippen LogP contribution < -0.4 is 11.1 Å². The van der Waals surface area contributed by atoms with E-state index in [1.54, 1.807) is 0 Å². The normalized spacial score (nSPS) is 27.9. The van der Waals surface area contributed by atoms with Gasteiger partial charge in [-0.05, 0) is 49.3 Å². The van der Waals surface area contributed by atoms with Crippen molar-refractivity contribution < 1.29 is 4.79 Å². The van der Waals surface area contributed by atoms with Gasteiger partial charge in [0.1, 0.15) is 0 Å². The molecule has 0 aliphatic heterocycles. The molecule has 2 aliphatic rings. The average molecular weight is 281 g/mol. The number of nitrogens with two attached hydrogens (primary N) is 1. The molecule has 3 rings (SSSR count). The molecule has 0 bridgehead atoms. The zero-order valence-corrected chi connectivity index (χ0v) is 12.0. The lowest BCUT2D eigenvalue weighted by Gasteiger charge is -2.09. The molecule has 2 unspecified atom stereocenters. The Morgan fingerprint density at radius 2 is 1.89 bits per heavy atom.